The number of pyridine rings is 1. The molecule has 3 N–H and O–H groups in total. The molecule has 2 amide bonds. The third-order valence-corrected chi connectivity index (χ3v) is 9.68. The fourth-order valence-electron chi connectivity index (χ4n) is 6.20. The molecule has 3 fully saturated rings. The van der Waals surface area contributed by atoms with Crippen LogP contribution in [0.15, 0.2) is 12.4 Å². The van der Waals surface area contributed by atoms with Crippen LogP contribution >= 0.6 is 11.3 Å². The van der Waals surface area contributed by atoms with Gasteiger partial charge in [0.15, 0.2) is 10.9 Å². The third kappa shape index (κ3) is 4.76. The number of aryl methyl sites for hydroxylation is 3. The molecule has 3 aliphatic rings. The lowest BCUT2D eigenvalue weighted by molar-refractivity contribution is 0.0719. The molecule has 3 aliphatic carbocycles. The van der Waals surface area contributed by atoms with Crippen molar-refractivity contribution in [1.82, 2.24) is 34.3 Å². The zero-order chi connectivity index (χ0) is 28.4. The van der Waals surface area contributed by atoms with Gasteiger partial charge in [-0.25, -0.2) is 15.0 Å². The van der Waals surface area contributed by atoms with Gasteiger partial charge in [0.05, 0.1) is 23.6 Å². The Labute approximate surface area is 242 Å². The number of anilines is 2. The average Bonchev–Trinajstić information content (AvgIpc) is 3.87. The number of hydrogen-bond acceptors (Lipinski definition) is 8. The van der Waals surface area contributed by atoms with Crippen molar-refractivity contribution in [1.29, 1.82) is 0 Å². The van der Waals surface area contributed by atoms with Crippen LogP contribution in [0.25, 0.3) is 22.1 Å². The number of nitrogens with zero attached hydrogens (tertiary/aromatic N) is 6. The summed E-state index contributed by atoms with van der Waals surface area (Å²) in [7, 11) is 1.95. The SMILES string of the molecule is CCn1c(C(=O)N(C2CC2)C2CC2)cc2c3c(ncn3C)c(Nc3nc(C)c(C(=O)N[C@H]4CC[C@H](O)CC4)s3)nc21. The average molecular weight is 577 g/mol. The van der Waals surface area contributed by atoms with E-state index in [1.165, 1.54) is 11.3 Å². The summed E-state index contributed by atoms with van der Waals surface area (Å²) in [6.45, 7) is 4.49. The van der Waals surface area contributed by atoms with Crippen LogP contribution in [0.5, 0.6) is 0 Å². The minimum Gasteiger partial charge on any atom is -0.393 e. The van der Waals surface area contributed by atoms with Gasteiger partial charge in [-0.3, -0.25) is 9.59 Å². The summed E-state index contributed by atoms with van der Waals surface area (Å²) in [6, 6.07) is 2.78. The molecule has 4 aromatic rings. The van der Waals surface area contributed by atoms with Crippen molar-refractivity contribution < 1.29 is 14.7 Å². The zero-order valence-corrected chi connectivity index (χ0v) is 24.5. The van der Waals surface area contributed by atoms with Crippen LogP contribution in [-0.4, -0.2) is 70.1 Å². The van der Waals surface area contributed by atoms with E-state index in [2.05, 4.69) is 25.5 Å². The molecule has 3 saturated carbocycles. The first-order chi connectivity index (χ1) is 19.8. The quantitative estimate of drug-likeness (QED) is 0.286. The zero-order valence-electron chi connectivity index (χ0n) is 23.7. The molecule has 7 rings (SSSR count). The number of thiazole rings is 1. The molecule has 4 aromatic heterocycles. The largest absolute Gasteiger partial charge is 0.393 e. The van der Waals surface area contributed by atoms with E-state index >= 15 is 0 Å². The monoisotopic (exact) mass is 576 g/mol. The van der Waals surface area contributed by atoms with Crippen LogP contribution in [0.1, 0.15) is 84.1 Å². The highest BCUT2D eigenvalue weighted by atomic mass is 32.1. The summed E-state index contributed by atoms with van der Waals surface area (Å²) in [6.07, 6.45) is 8.81. The molecule has 0 bridgehead atoms. The highest BCUT2D eigenvalue weighted by molar-refractivity contribution is 7.17. The first kappa shape index (κ1) is 26.4. The van der Waals surface area contributed by atoms with Gasteiger partial charge in [-0.1, -0.05) is 11.3 Å². The molecule has 41 heavy (non-hydrogen) atoms. The summed E-state index contributed by atoms with van der Waals surface area (Å²) in [5, 5.41) is 17.7. The van der Waals surface area contributed by atoms with Gasteiger partial charge in [0.2, 0.25) is 0 Å². The molecule has 0 spiro atoms. The maximum atomic E-state index is 13.8. The van der Waals surface area contributed by atoms with Crippen LogP contribution in [0.3, 0.4) is 0 Å². The number of imidazole rings is 1. The second kappa shape index (κ2) is 10.1. The number of aromatic nitrogens is 5. The Morgan fingerprint density at radius 3 is 2.46 bits per heavy atom. The van der Waals surface area contributed by atoms with E-state index in [1.807, 2.05) is 36.1 Å². The van der Waals surface area contributed by atoms with E-state index in [4.69, 9.17) is 4.98 Å². The smallest absolute Gasteiger partial charge is 0.271 e. The number of carbonyl (C=O) groups is 2. The molecule has 0 aromatic carbocycles. The Bertz CT molecular complexity index is 1640. The van der Waals surface area contributed by atoms with Crippen LogP contribution in [-0.2, 0) is 13.6 Å². The molecule has 12 heteroatoms. The first-order valence-corrected chi connectivity index (χ1v) is 15.5. The molecule has 4 heterocycles. The lowest BCUT2D eigenvalue weighted by atomic mass is 9.93. The van der Waals surface area contributed by atoms with Crippen molar-refractivity contribution in [3.63, 3.8) is 0 Å². The molecule has 0 radical (unpaired) electrons. The highest BCUT2D eigenvalue weighted by Gasteiger charge is 2.43. The second-order valence-electron chi connectivity index (χ2n) is 11.7. The van der Waals surface area contributed by atoms with Crippen molar-refractivity contribution in [2.75, 3.05) is 5.32 Å². The van der Waals surface area contributed by atoms with Crippen LogP contribution in [0.4, 0.5) is 10.9 Å². The van der Waals surface area contributed by atoms with Gasteiger partial charge >= 0.3 is 0 Å². The highest BCUT2D eigenvalue weighted by Crippen LogP contribution is 2.40. The number of hydrogen-bond donors (Lipinski definition) is 3. The van der Waals surface area contributed by atoms with Gasteiger partial charge in [-0.05, 0) is 71.3 Å². The topological polar surface area (TPSA) is 130 Å². The van der Waals surface area contributed by atoms with Gasteiger partial charge in [-0.2, -0.15) is 0 Å². The number of amides is 2. The van der Waals surface area contributed by atoms with Crippen LogP contribution < -0.4 is 10.6 Å². The van der Waals surface area contributed by atoms with Gasteiger partial charge in [0.25, 0.3) is 11.8 Å². The summed E-state index contributed by atoms with van der Waals surface area (Å²) < 4.78 is 3.98. The van der Waals surface area contributed by atoms with E-state index in [-0.39, 0.29) is 24.0 Å². The molecule has 0 saturated heterocycles. The maximum absolute atomic E-state index is 13.8. The van der Waals surface area contributed by atoms with Crippen molar-refractivity contribution in [3.8, 4) is 0 Å². The lowest BCUT2D eigenvalue weighted by Crippen LogP contribution is -2.38. The number of aliphatic hydroxyl groups is 1. The van der Waals surface area contributed by atoms with Crippen LogP contribution in [0.2, 0.25) is 0 Å². The molecule has 11 nitrogen and oxygen atoms in total. The maximum Gasteiger partial charge on any atom is 0.271 e. The Morgan fingerprint density at radius 2 is 1.80 bits per heavy atom. The number of rotatable bonds is 8. The van der Waals surface area contributed by atoms with Crippen molar-refractivity contribution in [3.05, 3.63) is 28.7 Å². The fourth-order valence-corrected chi connectivity index (χ4v) is 7.07. The second-order valence-corrected chi connectivity index (χ2v) is 12.7. The van der Waals surface area contributed by atoms with Gasteiger partial charge in [0.1, 0.15) is 21.7 Å². The number of aliphatic hydroxyl groups excluding tert-OH is 1. The van der Waals surface area contributed by atoms with Gasteiger partial charge < -0.3 is 29.8 Å². The predicted molar refractivity (Wildman–Crippen MR) is 158 cm³/mol. The van der Waals surface area contributed by atoms with E-state index in [9.17, 15) is 14.7 Å². The van der Waals surface area contributed by atoms with E-state index in [0.29, 0.717) is 64.2 Å². The first-order valence-electron chi connectivity index (χ1n) is 14.7. The number of nitrogens with one attached hydrogen (secondary N) is 2. The summed E-state index contributed by atoms with van der Waals surface area (Å²) in [5.41, 5.74) is 3.63. The predicted octanol–water partition coefficient (Wildman–Crippen LogP) is 4.25. The molecule has 216 valence electrons. The van der Waals surface area contributed by atoms with Gasteiger partial charge in [0, 0.05) is 37.1 Å². The lowest BCUT2D eigenvalue weighted by Gasteiger charge is -2.25. The molecule has 0 atom stereocenters. The molecular weight excluding hydrogens is 540 g/mol. The Hall–Kier alpha value is -3.51. The molecular formula is C29H36N8O3S. The normalized spacial score (nSPS) is 21.0. The number of fused-ring (bicyclic) bond motifs is 3. The van der Waals surface area contributed by atoms with Crippen molar-refractivity contribution >= 4 is 56.2 Å². The van der Waals surface area contributed by atoms with Crippen molar-refractivity contribution in [2.45, 2.75) is 96.0 Å². The van der Waals surface area contributed by atoms with E-state index < -0.39 is 0 Å². The van der Waals surface area contributed by atoms with Crippen molar-refractivity contribution in [2.24, 2.45) is 7.05 Å². The summed E-state index contributed by atoms with van der Waals surface area (Å²) >= 11 is 1.29. The number of carbonyl (C=O) groups excluding carboxylic acids is 2. The Balaban J connectivity index is 1.22. The molecule has 0 aliphatic heterocycles. The standard InChI is InChI=1S/C29H36N8O3S/c1-4-36-21(28(40)37(17-7-8-17)18-9-10-18)13-20-23-22(30-14-35(23)3)25(33-26(20)36)34-29-31-15(2)24(41-29)27(39)32-16-5-11-19(38)12-6-16/h13-14,16-19,38H,4-12H2,1-3H3,(H,32,39)(H,31,33,34)/t16-,19-. The minimum atomic E-state index is -0.268. The Kier molecular flexibility index (Phi) is 6.50. The summed E-state index contributed by atoms with van der Waals surface area (Å²) in [5.74, 6) is 0.501. The molecule has 0 unspecified atom stereocenters. The Morgan fingerprint density at radius 1 is 1.10 bits per heavy atom. The minimum absolute atomic E-state index is 0.0653. The van der Waals surface area contributed by atoms with Crippen LogP contribution in [0, 0.1) is 6.92 Å². The van der Waals surface area contributed by atoms with Gasteiger partial charge in [-0.15, -0.1) is 0 Å². The summed E-state index contributed by atoms with van der Waals surface area (Å²) in [4.78, 5) is 43.9. The fraction of sp³-hybridized carbons (Fsp3) is 0.552. The third-order valence-electron chi connectivity index (χ3n) is 8.61. The van der Waals surface area contributed by atoms with E-state index in [0.717, 1.165) is 55.1 Å². The van der Waals surface area contributed by atoms with E-state index in [1.54, 1.807) is 6.33 Å².